The summed E-state index contributed by atoms with van der Waals surface area (Å²) in [5.41, 5.74) is 6.25. The molecular weight excluding hydrogens is 725 g/mol. The number of nitrogens with one attached hydrogen (secondary N) is 3. The van der Waals surface area contributed by atoms with E-state index in [0.717, 1.165) is 103 Å². The molecule has 1 unspecified atom stereocenters. The monoisotopic (exact) mass is 772 g/mol. The van der Waals surface area contributed by atoms with Gasteiger partial charge in [0, 0.05) is 42.8 Å². The average Bonchev–Trinajstić information content (AvgIpc) is 4.13. The molecule has 0 saturated carbocycles. The van der Waals surface area contributed by atoms with Gasteiger partial charge in [0.2, 0.25) is 11.8 Å². The number of piperidine rings is 1. The van der Waals surface area contributed by atoms with E-state index in [1.807, 2.05) is 107 Å². The van der Waals surface area contributed by atoms with E-state index in [-0.39, 0.29) is 36.1 Å². The lowest BCUT2D eigenvalue weighted by Gasteiger charge is -2.37. The number of carbonyl (C=O) groups is 2. The minimum atomic E-state index is -0.820. The highest BCUT2D eigenvalue weighted by Gasteiger charge is 2.40. The van der Waals surface area contributed by atoms with Crippen molar-refractivity contribution >= 4 is 17.5 Å². The minimum Gasteiger partial charge on any atom is -0.368 e. The maximum Gasteiger partial charge on any atom is 0.245 e. The molecule has 0 aliphatic carbocycles. The number of nitriles is 1. The molecule has 3 fully saturated rings. The van der Waals surface area contributed by atoms with Crippen LogP contribution in [0.3, 0.4) is 0 Å². The molecule has 9 rings (SSSR count). The number of likely N-dealkylation sites (tertiary alicyclic amines) is 3. The molecule has 294 valence electrons. The van der Waals surface area contributed by atoms with Crippen LogP contribution in [0.1, 0.15) is 85.5 Å². The van der Waals surface area contributed by atoms with Gasteiger partial charge in [-0.3, -0.25) is 14.5 Å². The van der Waals surface area contributed by atoms with Crippen LogP contribution in [0.4, 0.5) is 0 Å². The number of hydrogen-bond donors (Lipinski definition) is 3. The first kappa shape index (κ1) is 37.3. The van der Waals surface area contributed by atoms with E-state index < -0.39 is 5.92 Å². The standard InChI is InChI=1S/C46H48N10O2/c47-26-36(31-12-4-1-5-13-31)45(57)55-24-10-16-39(55)43-50-29-37(52-43)32-18-20-34(21-19-32)42-48-27-35(28-49-42)38-30-51-44(53-38)40-17-11-25-56(40)46(58)41(33-14-6-2-7-15-33)54-22-8-3-9-23-54/h1-2,4-7,12-15,18-21,27-30,36,39-41,43,50,52H,3,8-11,16-17,22-25H2,(H,51,53)/t36-,39+,40+,41-,43?/m1/s1. The Balaban J connectivity index is 0.836. The van der Waals surface area contributed by atoms with Crippen LogP contribution in [-0.4, -0.2) is 84.8 Å². The molecule has 4 aliphatic heterocycles. The molecule has 4 aliphatic rings. The molecule has 5 aromatic rings. The van der Waals surface area contributed by atoms with Gasteiger partial charge in [0.05, 0.1) is 35.7 Å². The molecular formula is C46H48N10O2. The highest BCUT2D eigenvalue weighted by atomic mass is 16.2. The zero-order valence-corrected chi connectivity index (χ0v) is 32.5. The van der Waals surface area contributed by atoms with Crippen molar-refractivity contribution in [2.45, 2.75) is 75.2 Å². The van der Waals surface area contributed by atoms with E-state index >= 15 is 0 Å². The van der Waals surface area contributed by atoms with E-state index in [0.29, 0.717) is 12.4 Å². The molecule has 3 N–H and O–H groups in total. The number of amides is 2. The molecule has 12 nitrogen and oxygen atoms in total. The first-order valence-electron chi connectivity index (χ1n) is 20.6. The molecule has 3 saturated heterocycles. The number of nitrogens with zero attached hydrogens (tertiary/aromatic N) is 7. The van der Waals surface area contributed by atoms with Gasteiger partial charge in [-0.25, -0.2) is 15.0 Å². The summed E-state index contributed by atoms with van der Waals surface area (Å²) >= 11 is 0. The Kier molecular flexibility index (Phi) is 10.7. The summed E-state index contributed by atoms with van der Waals surface area (Å²) in [5.74, 6) is 0.596. The third-order valence-corrected chi connectivity index (χ3v) is 12.2. The second kappa shape index (κ2) is 16.6. The van der Waals surface area contributed by atoms with Crippen molar-refractivity contribution < 1.29 is 9.59 Å². The van der Waals surface area contributed by atoms with Crippen LogP contribution in [0, 0.1) is 11.3 Å². The molecule has 0 bridgehead atoms. The molecule has 3 aromatic carbocycles. The summed E-state index contributed by atoms with van der Waals surface area (Å²) in [6.45, 7) is 3.23. The van der Waals surface area contributed by atoms with Crippen molar-refractivity contribution in [1.82, 2.24) is 45.3 Å². The number of imidazole rings is 1. The Labute approximate surface area is 339 Å². The Morgan fingerprint density at radius 2 is 1.36 bits per heavy atom. The Hall–Kier alpha value is -6.32. The molecule has 0 radical (unpaired) electrons. The van der Waals surface area contributed by atoms with Gasteiger partial charge in [-0.2, -0.15) is 5.26 Å². The summed E-state index contributed by atoms with van der Waals surface area (Å²) in [6.07, 6.45) is 14.2. The van der Waals surface area contributed by atoms with Crippen molar-refractivity contribution in [3.05, 3.63) is 132 Å². The maximum absolute atomic E-state index is 14.3. The molecule has 2 aromatic heterocycles. The predicted octanol–water partition coefficient (Wildman–Crippen LogP) is 6.54. The van der Waals surface area contributed by atoms with E-state index in [1.165, 1.54) is 6.42 Å². The number of rotatable bonds is 10. The molecule has 58 heavy (non-hydrogen) atoms. The summed E-state index contributed by atoms with van der Waals surface area (Å²) in [4.78, 5) is 51.9. The molecule has 2 amide bonds. The van der Waals surface area contributed by atoms with E-state index in [9.17, 15) is 14.9 Å². The van der Waals surface area contributed by atoms with Gasteiger partial charge in [-0.1, -0.05) is 91.3 Å². The quantitative estimate of drug-likeness (QED) is 0.144. The van der Waals surface area contributed by atoms with Gasteiger partial charge in [-0.15, -0.1) is 0 Å². The minimum absolute atomic E-state index is 0.0750. The lowest BCUT2D eigenvalue weighted by Crippen LogP contribution is -2.52. The largest absolute Gasteiger partial charge is 0.368 e. The van der Waals surface area contributed by atoms with Crippen LogP contribution in [0.25, 0.3) is 28.3 Å². The number of benzene rings is 3. The molecule has 12 heteroatoms. The fourth-order valence-electron chi connectivity index (χ4n) is 9.16. The van der Waals surface area contributed by atoms with Gasteiger partial charge in [0.15, 0.2) is 5.82 Å². The zero-order valence-electron chi connectivity index (χ0n) is 32.5. The van der Waals surface area contributed by atoms with Crippen molar-refractivity contribution in [1.29, 1.82) is 5.26 Å². The lowest BCUT2D eigenvalue weighted by molar-refractivity contribution is -0.139. The van der Waals surface area contributed by atoms with Crippen LogP contribution in [0.2, 0.25) is 0 Å². The van der Waals surface area contributed by atoms with Crippen molar-refractivity contribution in [2.24, 2.45) is 0 Å². The highest BCUT2D eigenvalue weighted by Crippen LogP contribution is 2.36. The lowest BCUT2D eigenvalue weighted by atomic mass is 9.98. The number of H-pyrrole nitrogens is 1. The molecule has 0 spiro atoms. The Morgan fingerprint density at radius 1 is 0.690 bits per heavy atom. The van der Waals surface area contributed by atoms with Crippen LogP contribution >= 0.6 is 0 Å². The first-order chi connectivity index (χ1) is 28.6. The van der Waals surface area contributed by atoms with E-state index in [1.54, 1.807) is 0 Å². The van der Waals surface area contributed by atoms with Gasteiger partial charge >= 0.3 is 0 Å². The third kappa shape index (κ3) is 7.45. The summed E-state index contributed by atoms with van der Waals surface area (Å²) in [7, 11) is 0. The van der Waals surface area contributed by atoms with Crippen LogP contribution in [0.5, 0.6) is 0 Å². The Bertz CT molecular complexity index is 2280. The fraction of sp³-hybridized carbons (Fsp3) is 0.348. The second-order valence-corrected chi connectivity index (χ2v) is 15.7. The topological polar surface area (TPSA) is 146 Å². The van der Waals surface area contributed by atoms with Crippen molar-refractivity contribution in [2.75, 3.05) is 26.2 Å². The van der Waals surface area contributed by atoms with Gasteiger partial charge in [0.25, 0.3) is 0 Å². The SMILES string of the molecule is N#C[C@@H](C(=O)N1CCC[C@H]1C1NC=C(c2ccc(-c3ncc(-c4cnc([C@@H]5CCCN5C(=O)[C@@H](c5ccccc5)N5CCCCC5)[nH]4)cn3)cc2)N1)c1ccccc1. The molecule has 6 heterocycles. The summed E-state index contributed by atoms with van der Waals surface area (Å²) < 4.78 is 0. The van der Waals surface area contributed by atoms with Gasteiger partial charge in [0.1, 0.15) is 23.9 Å². The van der Waals surface area contributed by atoms with Crippen molar-refractivity contribution in [3.63, 3.8) is 0 Å². The van der Waals surface area contributed by atoms with E-state index in [2.05, 4.69) is 38.7 Å². The van der Waals surface area contributed by atoms with Crippen LogP contribution in [0.15, 0.2) is 110 Å². The van der Waals surface area contributed by atoms with Gasteiger partial charge in [-0.05, 0) is 68.3 Å². The number of hydrogen-bond acceptors (Lipinski definition) is 9. The predicted molar refractivity (Wildman–Crippen MR) is 221 cm³/mol. The number of carbonyl (C=O) groups excluding carboxylic acids is 2. The summed E-state index contributed by atoms with van der Waals surface area (Å²) in [5, 5.41) is 16.9. The fourth-order valence-corrected chi connectivity index (χ4v) is 9.16. The van der Waals surface area contributed by atoms with Crippen molar-refractivity contribution in [3.8, 4) is 28.7 Å². The normalized spacial score (nSPS) is 21.8. The van der Waals surface area contributed by atoms with E-state index in [4.69, 9.17) is 15.0 Å². The average molecular weight is 773 g/mol. The number of aromatic amines is 1. The third-order valence-electron chi connectivity index (χ3n) is 12.2. The first-order valence-corrected chi connectivity index (χ1v) is 20.6. The van der Waals surface area contributed by atoms with Crippen LogP contribution < -0.4 is 10.6 Å². The highest BCUT2D eigenvalue weighted by molar-refractivity contribution is 5.87. The Morgan fingerprint density at radius 3 is 2.09 bits per heavy atom. The second-order valence-electron chi connectivity index (χ2n) is 15.7. The number of aromatic nitrogens is 4. The summed E-state index contributed by atoms with van der Waals surface area (Å²) in [6, 6.07) is 29.4. The smallest absolute Gasteiger partial charge is 0.245 e. The van der Waals surface area contributed by atoms with Gasteiger partial charge < -0.3 is 25.4 Å². The van der Waals surface area contributed by atoms with Crippen LogP contribution in [-0.2, 0) is 9.59 Å². The molecule has 5 atom stereocenters. The zero-order chi connectivity index (χ0) is 39.4. The maximum atomic E-state index is 14.3.